The number of piperidine rings is 1. The number of likely N-dealkylation sites (tertiary alicyclic amines) is 1. The number of carbonyl (C=O) groups excluding carboxylic acids is 1. The molecule has 0 aliphatic carbocycles. The Morgan fingerprint density at radius 2 is 1.76 bits per heavy atom. The molecule has 1 aromatic heterocycles. The summed E-state index contributed by atoms with van der Waals surface area (Å²) in [5.41, 5.74) is 2.75. The van der Waals surface area contributed by atoms with Gasteiger partial charge in [0.05, 0.1) is 5.52 Å². The summed E-state index contributed by atoms with van der Waals surface area (Å²) < 4.78 is 0. The van der Waals surface area contributed by atoms with Crippen LogP contribution in [0.2, 0.25) is 0 Å². The molecule has 2 fully saturated rings. The lowest BCUT2D eigenvalue weighted by molar-refractivity contribution is -0.0162. The Morgan fingerprint density at radius 1 is 1.07 bits per heavy atom. The van der Waals surface area contributed by atoms with E-state index in [1.165, 1.54) is 5.56 Å². The normalized spacial score (nSPS) is 25.2. The summed E-state index contributed by atoms with van der Waals surface area (Å²) >= 11 is 0. The lowest BCUT2D eigenvalue weighted by atomic mass is 9.87. The predicted octanol–water partition coefficient (Wildman–Crippen LogP) is 2.64. The fourth-order valence-electron chi connectivity index (χ4n) is 5.04. The molecule has 5 rings (SSSR count). The van der Waals surface area contributed by atoms with Crippen LogP contribution in [0.4, 0.5) is 0 Å². The van der Waals surface area contributed by atoms with Crippen molar-refractivity contribution in [3.8, 4) is 0 Å². The topological polar surface area (TPSA) is 64.3 Å². The molecule has 2 aliphatic rings. The number of amides is 1. The van der Waals surface area contributed by atoms with Crippen molar-refractivity contribution in [2.45, 2.75) is 37.5 Å². The van der Waals surface area contributed by atoms with Gasteiger partial charge in [-0.1, -0.05) is 48.5 Å². The van der Waals surface area contributed by atoms with Crippen LogP contribution in [-0.2, 0) is 6.54 Å². The maximum atomic E-state index is 12.9. The lowest BCUT2D eigenvalue weighted by Gasteiger charge is -2.51. The number of aromatic amines is 1. The number of benzene rings is 2. The first-order valence-corrected chi connectivity index (χ1v) is 10.4. The SMILES string of the molecule is CN1C[C@H]2CC(NC(=O)c3n[nH]c4ccccc34)C[C@@H](C1)N2Cc1ccccc1. The summed E-state index contributed by atoms with van der Waals surface area (Å²) in [7, 11) is 2.20. The van der Waals surface area contributed by atoms with Crippen LogP contribution < -0.4 is 5.32 Å². The van der Waals surface area contributed by atoms with Gasteiger partial charge in [0.25, 0.3) is 5.91 Å². The van der Waals surface area contributed by atoms with Gasteiger partial charge in [0.15, 0.2) is 5.69 Å². The monoisotopic (exact) mass is 389 g/mol. The molecule has 2 saturated heterocycles. The number of carbonyl (C=O) groups is 1. The third-order valence-corrected chi connectivity index (χ3v) is 6.32. The van der Waals surface area contributed by atoms with E-state index in [0.717, 1.165) is 43.4 Å². The Labute approximate surface area is 170 Å². The van der Waals surface area contributed by atoms with Gasteiger partial charge < -0.3 is 10.2 Å². The third-order valence-electron chi connectivity index (χ3n) is 6.32. The molecule has 150 valence electrons. The van der Waals surface area contributed by atoms with Gasteiger partial charge in [-0.05, 0) is 31.5 Å². The molecule has 29 heavy (non-hydrogen) atoms. The molecule has 2 bridgehead atoms. The van der Waals surface area contributed by atoms with Crippen LogP contribution in [0.25, 0.3) is 10.9 Å². The van der Waals surface area contributed by atoms with Crippen molar-refractivity contribution in [3.05, 3.63) is 65.9 Å². The number of fused-ring (bicyclic) bond motifs is 3. The Bertz CT molecular complexity index is 985. The van der Waals surface area contributed by atoms with E-state index in [0.29, 0.717) is 17.8 Å². The number of rotatable bonds is 4. The average molecular weight is 390 g/mol. The third kappa shape index (κ3) is 3.66. The summed E-state index contributed by atoms with van der Waals surface area (Å²) in [5.74, 6) is -0.0737. The van der Waals surface area contributed by atoms with E-state index < -0.39 is 0 Å². The smallest absolute Gasteiger partial charge is 0.272 e. The number of nitrogens with one attached hydrogen (secondary N) is 2. The van der Waals surface area contributed by atoms with Crippen molar-refractivity contribution in [2.24, 2.45) is 0 Å². The molecule has 3 aromatic rings. The number of para-hydroxylation sites is 1. The number of aromatic nitrogens is 2. The minimum atomic E-state index is -0.0737. The van der Waals surface area contributed by atoms with E-state index in [-0.39, 0.29) is 11.9 Å². The van der Waals surface area contributed by atoms with Crippen molar-refractivity contribution in [1.82, 2.24) is 25.3 Å². The highest BCUT2D eigenvalue weighted by molar-refractivity contribution is 6.04. The predicted molar refractivity (Wildman–Crippen MR) is 114 cm³/mol. The van der Waals surface area contributed by atoms with Crippen LogP contribution in [-0.4, -0.2) is 64.2 Å². The van der Waals surface area contributed by atoms with Gasteiger partial charge in [-0.25, -0.2) is 0 Å². The largest absolute Gasteiger partial charge is 0.348 e. The van der Waals surface area contributed by atoms with E-state index in [1.807, 2.05) is 24.3 Å². The quantitative estimate of drug-likeness (QED) is 0.720. The molecule has 1 amide bonds. The molecule has 6 nitrogen and oxygen atoms in total. The van der Waals surface area contributed by atoms with Gasteiger partial charge in [0.1, 0.15) is 0 Å². The number of nitrogens with zero attached hydrogens (tertiary/aromatic N) is 3. The van der Waals surface area contributed by atoms with Gasteiger partial charge >= 0.3 is 0 Å². The Hall–Kier alpha value is -2.70. The van der Waals surface area contributed by atoms with Crippen molar-refractivity contribution in [2.75, 3.05) is 20.1 Å². The molecule has 1 unspecified atom stereocenters. The highest BCUT2D eigenvalue weighted by Gasteiger charge is 2.40. The van der Waals surface area contributed by atoms with Gasteiger partial charge in [-0.15, -0.1) is 0 Å². The molecular weight excluding hydrogens is 362 g/mol. The molecule has 2 N–H and O–H groups in total. The van der Waals surface area contributed by atoms with Crippen LogP contribution in [0.5, 0.6) is 0 Å². The molecule has 0 spiro atoms. The zero-order valence-electron chi connectivity index (χ0n) is 16.7. The maximum Gasteiger partial charge on any atom is 0.272 e. The summed E-state index contributed by atoms with van der Waals surface area (Å²) in [6, 6.07) is 19.6. The van der Waals surface area contributed by atoms with E-state index in [4.69, 9.17) is 0 Å². The summed E-state index contributed by atoms with van der Waals surface area (Å²) in [6.07, 6.45) is 1.95. The minimum absolute atomic E-state index is 0.0737. The van der Waals surface area contributed by atoms with Gasteiger partial charge in [0.2, 0.25) is 0 Å². The summed E-state index contributed by atoms with van der Waals surface area (Å²) in [5, 5.41) is 11.4. The molecule has 0 radical (unpaired) electrons. The Morgan fingerprint density at radius 3 is 2.52 bits per heavy atom. The standard InChI is InChI=1S/C23H27N5O/c1-27-14-18-11-17(12-19(15-27)28(18)13-16-7-3-2-4-8-16)24-23(29)22-20-9-5-6-10-21(20)25-26-22/h2-10,17-19H,11-15H2,1H3,(H,24,29)(H,25,26)/t17?,18-,19+. The second-order valence-corrected chi connectivity index (χ2v) is 8.45. The zero-order chi connectivity index (χ0) is 19.8. The van der Waals surface area contributed by atoms with Crippen molar-refractivity contribution < 1.29 is 4.79 Å². The van der Waals surface area contributed by atoms with Crippen molar-refractivity contribution >= 4 is 16.8 Å². The number of hydrogen-bond donors (Lipinski definition) is 2. The zero-order valence-corrected chi connectivity index (χ0v) is 16.7. The second kappa shape index (κ2) is 7.61. The fourth-order valence-corrected chi connectivity index (χ4v) is 5.04. The van der Waals surface area contributed by atoms with Gasteiger partial charge in [-0.3, -0.25) is 14.8 Å². The number of hydrogen-bond acceptors (Lipinski definition) is 4. The molecule has 6 heteroatoms. The second-order valence-electron chi connectivity index (χ2n) is 8.45. The van der Waals surface area contributed by atoms with Crippen LogP contribution in [0.1, 0.15) is 28.9 Å². The van der Waals surface area contributed by atoms with Gasteiger partial charge in [0, 0.05) is 43.1 Å². The highest BCUT2D eigenvalue weighted by Crippen LogP contribution is 2.30. The maximum absolute atomic E-state index is 12.9. The average Bonchev–Trinajstić information content (AvgIpc) is 3.14. The number of H-pyrrole nitrogens is 1. The molecule has 0 saturated carbocycles. The molecule has 3 heterocycles. The van der Waals surface area contributed by atoms with E-state index >= 15 is 0 Å². The Balaban J connectivity index is 1.30. The first kappa shape index (κ1) is 18.3. The molecule has 2 aromatic carbocycles. The summed E-state index contributed by atoms with van der Waals surface area (Å²) in [6.45, 7) is 3.07. The van der Waals surface area contributed by atoms with Crippen LogP contribution in [0, 0.1) is 0 Å². The Kier molecular flexibility index (Phi) is 4.81. The summed E-state index contributed by atoms with van der Waals surface area (Å²) in [4.78, 5) is 18.0. The highest BCUT2D eigenvalue weighted by atomic mass is 16.2. The first-order chi connectivity index (χ1) is 14.2. The molecular formula is C23H27N5O. The van der Waals surface area contributed by atoms with E-state index in [2.05, 4.69) is 62.7 Å². The van der Waals surface area contributed by atoms with Crippen LogP contribution in [0.3, 0.4) is 0 Å². The van der Waals surface area contributed by atoms with Crippen LogP contribution >= 0.6 is 0 Å². The van der Waals surface area contributed by atoms with Crippen molar-refractivity contribution in [3.63, 3.8) is 0 Å². The minimum Gasteiger partial charge on any atom is -0.348 e. The van der Waals surface area contributed by atoms with Crippen molar-refractivity contribution in [1.29, 1.82) is 0 Å². The number of likely N-dealkylation sites (N-methyl/N-ethyl adjacent to an activating group) is 1. The van der Waals surface area contributed by atoms with E-state index in [9.17, 15) is 4.79 Å². The van der Waals surface area contributed by atoms with Crippen LogP contribution in [0.15, 0.2) is 54.6 Å². The fraction of sp³-hybridized carbons (Fsp3) is 0.391. The number of piperazine rings is 1. The van der Waals surface area contributed by atoms with E-state index in [1.54, 1.807) is 0 Å². The van der Waals surface area contributed by atoms with Gasteiger partial charge in [-0.2, -0.15) is 5.10 Å². The molecule has 3 atom stereocenters. The first-order valence-electron chi connectivity index (χ1n) is 10.4. The molecule has 2 aliphatic heterocycles. The lowest BCUT2D eigenvalue weighted by Crippen LogP contribution is -2.63.